The molecule has 0 amide bonds. The summed E-state index contributed by atoms with van der Waals surface area (Å²) in [5.74, 6) is 0.653. The van der Waals surface area contributed by atoms with E-state index in [1.807, 2.05) is 16.9 Å². The van der Waals surface area contributed by atoms with Gasteiger partial charge in [-0.2, -0.15) is 5.10 Å². The lowest BCUT2D eigenvalue weighted by Gasteiger charge is -2.37. The van der Waals surface area contributed by atoms with Gasteiger partial charge in [-0.25, -0.2) is 4.68 Å². The molecule has 0 saturated carbocycles. The average Bonchev–Trinajstić information content (AvgIpc) is 3.26. The molecule has 1 aliphatic heterocycles. The Labute approximate surface area is 144 Å². The smallest absolute Gasteiger partial charge is 0.0682 e. The van der Waals surface area contributed by atoms with Gasteiger partial charge in [-0.15, -0.1) is 0 Å². The summed E-state index contributed by atoms with van der Waals surface area (Å²) in [4.78, 5) is 2.72. The van der Waals surface area contributed by atoms with E-state index in [1.165, 1.54) is 49.3 Å². The van der Waals surface area contributed by atoms with E-state index in [4.69, 9.17) is 0 Å². The predicted molar refractivity (Wildman–Crippen MR) is 99.1 cm³/mol. The molecule has 1 aromatic carbocycles. The number of aromatic nitrogens is 2. The maximum absolute atomic E-state index is 4.49. The van der Waals surface area contributed by atoms with Gasteiger partial charge in [0.15, 0.2) is 0 Å². The Kier molecular flexibility index (Phi) is 4.31. The van der Waals surface area contributed by atoms with Crippen LogP contribution in [0.5, 0.6) is 0 Å². The van der Waals surface area contributed by atoms with Crippen LogP contribution in [0, 0.1) is 0 Å². The lowest BCUT2D eigenvalue weighted by atomic mass is 9.79. The minimum absolute atomic E-state index is 0.653. The quantitative estimate of drug-likeness (QED) is 0.877. The molecule has 1 aliphatic carbocycles. The highest BCUT2D eigenvalue weighted by atomic mass is 15.3. The van der Waals surface area contributed by atoms with Gasteiger partial charge in [0, 0.05) is 36.6 Å². The second-order valence-electron chi connectivity index (χ2n) is 7.18. The van der Waals surface area contributed by atoms with E-state index in [0.29, 0.717) is 12.0 Å². The van der Waals surface area contributed by atoms with E-state index < -0.39 is 0 Å². The normalized spacial score (nSPS) is 21.8. The third-order valence-corrected chi connectivity index (χ3v) is 5.57. The van der Waals surface area contributed by atoms with Gasteiger partial charge in [-0.05, 0) is 68.1 Å². The second-order valence-corrected chi connectivity index (χ2v) is 7.18. The summed E-state index contributed by atoms with van der Waals surface area (Å²) in [6.07, 6.45) is 8.84. The van der Waals surface area contributed by atoms with Crippen molar-refractivity contribution in [3.05, 3.63) is 41.7 Å². The molecular formula is C20H28N4. The molecule has 2 unspecified atom stereocenters. The molecule has 0 saturated heterocycles. The Morgan fingerprint density at radius 1 is 1.25 bits per heavy atom. The molecule has 0 bridgehead atoms. The van der Waals surface area contributed by atoms with Crippen molar-refractivity contribution in [1.82, 2.24) is 14.7 Å². The standard InChI is InChI=1S/C20H28N4/c1-3-9-23(10-4-2)16-12-15-14-21-18-6-7-19(17(13-16)20(15)18)24-11-5-8-22-24/h5-8,11,15-16,21H,3-4,9-10,12-14H2,1-2H3. The molecule has 1 N–H and O–H groups in total. The first-order chi connectivity index (χ1) is 11.8. The van der Waals surface area contributed by atoms with Crippen LogP contribution in [0.25, 0.3) is 5.69 Å². The molecule has 2 aliphatic rings. The molecule has 0 fully saturated rings. The van der Waals surface area contributed by atoms with E-state index in [-0.39, 0.29) is 0 Å². The third-order valence-electron chi connectivity index (χ3n) is 5.57. The monoisotopic (exact) mass is 324 g/mol. The van der Waals surface area contributed by atoms with Crippen LogP contribution in [0.2, 0.25) is 0 Å². The van der Waals surface area contributed by atoms with E-state index in [0.717, 1.165) is 13.0 Å². The molecule has 24 heavy (non-hydrogen) atoms. The van der Waals surface area contributed by atoms with Crippen molar-refractivity contribution in [3.63, 3.8) is 0 Å². The largest absolute Gasteiger partial charge is 0.384 e. The highest BCUT2D eigenvalue weighted by Crippen LogP contribution is 2.44. The van der Waals surface area contributed by atoms with Gasteiger partial charge in [0.2, 0.25) is 0 Å². The van der Waals surface area contributed by atoms with E-state index in [1.54, 1.807) is 5.56 Å². The Hall–Kier alpha value is -1.81. The first kappa shape index (κ1) is 15.7. The van der Waals surface area contributed by atoms with E-state index >= 15 is 0 Å². The number of hydrogen-bond donors (Lipinski definition) is 1. The van der Waals surface area contributed by atoms with Gasteiger partial charge in [-0.3, -0.25) is 0 Å². The van der Waals surface area contributed by atoms with Crippen LogP contribution in [-0.4, -0.2) is 40.4 Å². The minimum atomic E-state index is 0.653. The number of anilines is 1. The Morgan fingerprint density at radius 2 is 2.08 bits per heavy atom. The predicted octanol–water partition coefficient (Wildman–Crippen LogP) is 3.82. The van der Waals surface area contributed by atoms with Gasteiger partial charge in [0.25, 0.3) is 0 Å². The van der Waals surface area contributed by atoms with E-state index in [9.17, 15) is 0 Å². The first-order valence-corrected chi connectivity index (χ1v) is 9.45. The van der Waals surface area contributed by atoms with Gasteiger partial charge in [0.1, 0.15) is 0 Å². The molecule has 2 aromatic rings. The summed E-state index contributed by atoms with van der Waals surface area (Å²) in [7, 11) is 0. The average molecular weight is 324 g/mol. The number of benzene rings is 1. The fourth-order valence-corrected chi connectivity index (χ4v) is 4.63. The van der Waals surface area contributed by atoms with Crippen molar-refractivity contribution in [2.45, 2.75) is 51.5 Å². The van der Waals surface area contributed by atoms with Crippen molar-refractivity contribution >= 4 is 5.69 Å². The zero-order valence-corrected chi connectivity index (χ0v) is 14.8. The topological polar surface area (TPSA) is 33.1 Å². The Morgan fingerprint density at radius 3 is 2.79 bits per heavy atom. The maximum atomic E-state index is 4.49. The van der Waals surface area contributed by atoms with Crippen molar-refractivity contribution in [2.75, 3.05) is 25.0 Å². The van der Waals surface area contributed by atoms with Gasteiger partial charge in [0.05, 0.1) is 5.69 Å². The molecule has 4 heteroatoms. The minimum Gasteiger partial charge on any atom is -0.384 e. The van der Waals surface area contributed by atoms with Crippen molar-refractivity contribution in [1.29, 1.82) is 0 Å². The van der Waals surface area contributed by atoms with Crippen LogP contribution in [0.4, 0.5) is 5.69 Å². The van der Waals surface area contributed by atoms with Crippen LogP contribution in [0.15, 0.2) is 30.6 Å². The van der Waals surface area contributed by atoms with Gasteiger partial charge in [-0.1, -0.05) is 13.8 Å². The highest BCUT2D eigenvalue weighted by molar-refractivity contribution is 5.67. The van der Waals surface area contributed by atoms with Crippen molar-refractivity contribution in [3.8, 4) is 5.69 Å². The van der Waals surface area contributed by atoms with Crippen LogP contribution in [0.1, 0.15) is 50.2 Å². The molecule has 128 valence electrons. The Bertz CT molecular complexity index is 686. The summed E-state index contributed by atoms with van der Waals surface area (Å²) in [5.41, 5.74) is 5.69. The fraction of sp³-hybridized carbons (Fsp3) is 0.550. The lowest BCUT2D eigenvalue weighted by Crippen LogP contribution is -2.41. The molecule has 4 rings (SSSR count). The zero-order chi connectivity index (χ0) is 16.5. The number of nitrogens with zero attached hydrogens (tertiary/aromatic N) is 3. The van der Waals surface area contributed by atoms with Crippen LogP contribution >= 0.6 is 0 Å². The fourth-order valence-electron chi connectivity index (χ4n) is 4.63. The van der Waals surface area contributed by atoms with Crippen LogP contribution in [0.3, 0.4) is 0 Å². The molecule has 2 heterocycles. The Balaban J connectivity index is 1.73. The van der Waals surface area contributed by atoms with Crippen LogP contribution in [-0.2, 0) is 6.42 Å². The number of hydrogen-bond acceptors (Lipinski definition) is 3. The lowest BCUT2D eigenvalue weighted by molar-refractivity contribution is 0.172. The summed E-state index contributed by atoms with van der Waals surface area (Å²) in [5, 5.41) is 8.12. The molecule has 2 atom stereocenters. The summed E-state index contributed by atoms with van der Waals surface area (Å²) in [6, 6.07) is 7.15. The van der Waals surface area contributed by atoms with E-state index in [2.05, 4.69) is 47.5 Å². The molecule has 0 radical (unpaired) electrons. The summed E-state index contributed by atoms with van der Waals surface area (Å²) >= 11 is 0. The molecule has 4 nitrogen and oxygen atoms in total. The molecule has 1 aromatic heterocycles. The maximum Gasteiger partial charge on any atom is 0.0682 e. The summed E-state index contributed by atoms with van der Waals surface area (Å²) < 4.78 is 2.04. The van der Waals surface area contributed by atoms with Gasteiger partial charge >= 0.3 is 0 Å². The molecule has 0 spiro atoms. The second kappa shape index (κ2) is 6.60. The third kappa shape index (κ3) is 2.63. The van der Waals surface area contributed by atoms with Crippen LogP contribution < -0.4 is 5.32 Å². The summed E-state index contributed by atoms with van der Waals surface area (Å²) in [6.45, 7) is 8.11. The SMILES string of the molecule is CCCN(CCC)C1Cc2c(-n3cccn3)ccc3c2C(CN3)C1. The molecular weight excluding hydrogens is 296 g/mol. The number of nitrogens with one attached hydrogen (secondary N) is 1. The number of rotatable bonds is 6. The first-order valence-electron chi connectivity index (χ1n) is 9.45. The van der Waals surface area contributed by atoms with Gasteiger partial charge < -0.3 is 10.2 Å². The highest BCUT2D eigenvalue weighted by Gasteiger charge is 2.36. The zero-order valence-electron chi connectivity index (χ0n) is 14.8. The van der Waals surface area contributed by atoms with Crippen molar-refractivity contribution in [2.24, 2.45) is 0 Å². The van der Waals surface area contributed by atoms with Crippen molar-refractivity contribution < 1.29 is 0 Å².